The van der Waals surface area contributed by atoms with Crippen LogP contribution in [-0.2, 0) is 0 Å². The maximum atomic E-state index is 7.54. The zero-order chi connectivity index (χ0) is 8.27. The van der Waals surface area contributed by atoms with E-state index in [9.17, 15) is 0 Å². The molecule has 0 aliphatic heterocycles. The third-order valence-electron chi connectivity index (χ3n) is 1.66. The SMILES string of the molecule is C=C/C(C)=C1/C=CC=CC1=N. The number of allylic oxidation sites excluding steroid dienone is 7. The fraction of sp³-hybridized carbons (Fsp3) is 0.100. The second kappa shape index (κ2) is 3.15. The van der Waals surface area contributed by atoms with E-state index in [2.05, 4.69) is 6.58 Å². The van der Waals surface area contributed by atoms with Crippen molar-refractivity contribution in [3.8, 4) is 0 Å². The van der Waals surface area contributed by atoms with Crippen molar-refractivity contribution < 1.29 is 0 Å². The van der Waals surface area contributed by atoms with E-state index in [1.807, 2.05) is 25.2 Å². The summed E-state index contributed by atoms with van der Waals surface area (Å²) >= 11 is 0. The van der Waals surface area contributed by atoms with Crippen LogP contribution in [0.3, 0.4) is 0 Å². The Labute approximate surface area is 66.9 Å². The average molecular weight is 145 g/mol. The summed E-state index contributed by atoms with van der Waals surface area (Å²) in [5, 5.41) is 7.54. The molecule has 0 heterocycles. The van der Waals surface area contributed by atoms with Gasteiger partial charge in [0.25, 0.3) is 0 Å². The molecule has 0 spiro atoms. The molecule has 0 saturated carbocycles. The molecule has 0 bridgehead atoms. The van der Waals surface area contributed by atoms with Crippen LogP contribution in [0.25, 0.3) is 0 Å². The molecule has 0 aromatic rings. The molecular weight excluding hydrogens is 134 g/mol. The highest BCUT2D eigenvalue weighted by atomic mass is 14.4. The second-order valence-electron chi connectivity index (χ2n) is 2.43. The Morgan fingerprint density at radius 3 is 2.64 bits per heavy atom. The summed E-state index contributed by atoms with van der Waals surface area (Å²) in [7, 11) is 0. The van der Waals surface area contributed by atoms with Gasteiger partial charge in [-0.2, -0.15) is 0 Å². The lowest BCUT2D eigenvalue weighted by Gasteiger charge is -2.05. The van der Waals surface area contributed by atoms with E-state index in [4.69, 9.17) is 5.41 Å². The third-order valence-corrected chi connectivity index (χ3v) is 1.66. The van der Waals surface area contributed by atoms with Crippen LogP contribution in [0.2, 0.25) is 0 Å². The van der Waals surface area contributed by atoms with Crippen LogP contribution >= 0.6 is 0 Å². The van der Waals surface area contributed by atoms with Crippen molar-refractivity contribution in [3.05, 3.63) is 48.1 Å². The number of rotatable bonds is 1. The first-order valence-corrected chi connectivity index (χ1v) is 3.52. The summed E-state index contributed by atoms with van der Waals surface area (Å²) in [6, 6.07) is 0. The van der Waals surface area contributed by atoms with E-state index in [0.29, 0.717) is 5.71 Å². The molecule has 0 atom stereocenters. The normalized spacial score (nSPS) is 20.3. The molecule has 0 saturated heterocycles. The highest BCUT2D eigenvalue weighted by molar-refractivity contribution is 6.10. The van der Waals surface area contributed by atoms with Crippen LogP contribution in [0.15, 0.2) is 48.1 Å². The minimum Gasteiger partial charge on any atom is -0.300 e. The van der Waals surface area contributed by atoms with Gasteiger partial charge >= 0.3 is 0 Å². The Morgan fingerprint density at radius 2 is 2.09 bits per heavy atom. The van der Waals surface area contributed by atoms with Crippen molar-refractivity contribution in [3.63, 3.8) is 0 Å². The lowest BCUT2D eigenvalue weighted by atomic mass is 10.0. The summed E-state index contributed by atoms with van der Waals surface area (Å²) in [5.41, 5.74) is 2.57. The van der Waals surface area contributed by atoms with Gasteiger partial charge in [-0.1, -0.05) is 30.9 Å². The first-order chi connectivity index (χ1) is 5.25. The van der Waals surface area contributed by atoms with Gasteiger partial charge < -0.3 is 5.41 Å². The fourth-order valence-electron chi connectivity index (χ4n) is 0.937. The molecular formula is C10H11N. The molecule has 1 aliphatic carbocycles. The summed E-state index contributed by atoms with van der Waals surface area (Å²) in [6.07, 6.45) is 9.28. The maximum absolute atomic E-state index is 7.54. The van der Waals surface area contributed by atoms with E-state index in [1.54, 1.807) is 12.2 Å². The molecule has 1 aliphatic rings. The molecule has 1 nitrogen and oxygen atoms in total. The number of hydrogen-bond donors (Lipinski definition) is 1. The van der Waals surface area contributed by atoms with Gasteiger partial charge in [-0.25, -0.2) is 0 Å². The minimum absolute atomic E-state index is 0.560. The smallest absolute Gasteiger partial charge is 0.0614 e. The summed E-state index contributed by atoms with van der Waals surface area (Å²) < 4.78 is 0. The molecule has 1 rings (SSSR count). The summed E-state index contributed by atoms with van der Waals surface area (Å²) in [6.45, 7) is 5.62. The monoisotopic (exact) mass is 145 g/mol. The first-order valence-electron chi connectivity index (χ1n) is 3.52. The van der Waals surface area contributed by atoms with Crippen molar-refractivity contribution in [2.45, 2.75) is 6.92 Å². The van der Waals surface area contributed by atoms with Crippen LogP contribution in [0.4, 0.5) is 0 Å². The topological polar surface area (TPSA) is 23.9 Å². The molecule has 1 heteroatoms. The van der Waals surface area contributed by atoms with Crippen molar-refractivity contribution in [2.75, 3.05) is 0 Å². The van der Waals surface area contributed by atoms with Gasteiger partial charge in [0.2, 0.25) is 0 Å². The Bertz CT molecular complexity index is 277. The zero-order valence-electron chi connectivity index (χ0n) is 6.59. The van der Waals surface area contributed by atoms with Crippen molar-refractivity contribution >= 4 is 5.71 Å². The van der Waals surface area contributed by atoms with Gasteiger partial charge in [0.15, 0.2) is 0 Å². The lowest BCUT2D eigenvalue weighted by molar-refractivity contribution is 1.42. The zero-order valence-corrected chi connectivity index (χ0v) is 6.59. The Kier molecular flexibility index (Phi) is 2.21. The molecule has 0 aromatic heterocycles. The molecule has 0 unspecified atom stereocenters. The number of nitrogens with one attached hydrogen (secondary N) is 1. The minimum atomic E-state index is 0.560. The Balaban J connectivity index is 3.07. The van der Waals surface area contributed by atoms with Gasteiger partial charge in [-0.05, 0) is 18.6 Å². The van der Waals surface area contributed by atoms with Crippen LogP contribution in [0.1, 0.15) is 6.92 Å². The highest BCUT2D eigenvalue weighted by Gasteiger charge is 2.02. The maximum Gasteiger partial charge on any atom is 0.0614 e. The lowest BCUT2D eigenvalue weighted by Crippen LogP contribution is -1.99. The summed E-state index contributed by atoms with van der Waals surface area (Å²) in [4.78, 5) is 0. The molecule has 0 aromatic carbocycles. The average Bonchev–Trinajstić information content (AvgIpc) is 2.04. The van der Waals surface area contributed by atoms with Gasteiger partial charge in [0.05, 0.1) is 5.71 Å². The first kappa shape index (κ1) is 7.73. The molecule has 0 amide bonds. The predicted octanol–water partition coefficient (Wildman–Crippen LogP) is 2.63. The largest absolute Gasteiger partial charge is 0.300 e. The van der Waals surface area contributed by atoms with E-state index in [1.165, 1.54) is 0 Å². The molecule has 0 fully saturated rings. The molecule has 1 N–H and O–H groups in total. The van der Waals surface area contributed by atoms with Gasteiger partial charge in [0, 0.05) is 5.57 Å². The molecule has 0 radical (unpaired) electrons. The van der Waals surface area contributed by atoms with Crippen molar-refractivity contribution in [2.24, 2.45) is 0 Å². The standard InChI is InChI=1S/C10H11N/c1-3-8(2)9-6-4-5-7-10(9)11/h3-7,11H,1H2,2H3/b9-8-,11-10?. The van der Waals surface area contributed by atoms with Crippen LogP contribution in [0, 0.1) is 5.41 Å². The summed E-state index contributed by atoms with van der Waals surface area (Å²) in [5.74, 6) is 0. The second-order valence-corrected chi connectivity index (χ2v) is 2.43. The van der Waals surface area contributed by atoms with Crippen LogP contribution < -0.4 is 0 Å². The van der Waals surface area contributed by atoms with E-state index >= 15 is 0 Å². The van der Waals surface area contributed by atoms with E-state index in [0.717, 1.165) is 11.1 Å². The number of hydrogen-bond acceptors (Lipinski definition) is 1. The van der Waals surface area contributed by atoms with E-state index < -0.39 is 0 Å². The van der Waals surface area contributed by atoms with E-state index in [-0.39, 0.29) is 0 Å². The Morgan fingerprint density at radius 1 is 1.45 bits per heavy atom. The Hall–Kier alpha value is -1.37. The van der Waals surface area contributed by atoms with Crippen molar-refractivity contribution in [1.82, 2.24) is 0 Å². The highest BCUT2D eigenvalue weighted by Crippen LogP contribution is 2.12. The van der Waals surface area contributed by atoms with Gasteiger partial charge in [-0.3, -0.25) is 0 Å². The fourth-order valence-corrected chi connectivity index (χ4v) is 0.937. The molecule has 11 heavy (non-hydrogen) atoms. The molecule has 56 valence electrons. The third kappa shape index (κ3) is 1.55. The predicted molar refractivity (Wildman–Crippen MR) is 48.9 cm³/mol. The van der Waals surface area contributed by atoms with Crippen molar-refractivity contribution in [1.29, 1.82) is 5.41 Å². The van der Waals surface area contributed by atoms with Gasteiger partial charge in [0.1, 0.15) is 0 Å². The van der Waals surface area contributed by atoms with Gasteiger partial charge in [-0.15, -0.1) is 0 Å². The quantitative estimate of drug-likeness (QED) is 0.586. The van der Waals surface area contributed by atoms with Crippen LogP contribution in [-0.4, -0.2) is 5.71 Å². The van der Waals surface area contributed by atoms with Crippen LogP contribution in [0.5, 0.6) is 0 Å².